The van der Waals surface area contributed by atoms with Crippen molar-refractivity contribution in [2.75, 3.05) is 5.32 Å². The van der Waals surface area contributed by atoms with Gasteiger partial charge in [0.15, 0.2) is 0 Å². The Balaban J connectivity index is 2.00. The van der Waals surface area contributed by atoms with Gasteiger partial charge in [-0.15, -0.1) is 0 Å². The first-order valence-electron chi connectivity index (χ1n) is 7.48. The first kappa shape index (κ1) is 14.8. The minimum Gasteiger partial charge on any atom is -0.379 e. The van der Waals surface area contributed by atoms with Crippen molar-refractivity contribution in [3.8, 4) is 0 Å². The third-order valence-electron chi connectivity index (χ3n) is 3.46. The summed E-state index contributed by atoms with van der Waals surface area (Å²) >= 11 is 0. The summed E-state index contributed by atoms with van der Waals surface area (Å²) in [7, 11) is 0. The minimum atomic E-state index is -0.0415. The Morgan fingerprint density at radius 1 is 1.20 bits per heavy atom. The molecule has 0 aromatic carbocycles. The molecule has 0 atom stereocenters. The fourth-order valence-corrected chi connectivity index (χ4v) is 2.58. The van der Waals surface area contributed by atoms with Crippen molar-refractivity contribution in [1.29, 1.82) is 0 Å². The molecule has 1 amide bonds. The summed E-state index contributed by atoms with van der Waals surface area (Å²) in [6.45, 7) is 6.26. The first-order chi connectivity index (χ1) is 9.44. The molecule has 2 N–H and O–H groups in total. The number of hydrogen-bond acceptors (Lipinski definition) is 3. The van der Waals surface area contributed by atoms with E-state index in [2.05, 4.69) is 36.4 Å². The molecule has 2 rings (SSSR count). The van der Waals surface area contributed by atoms with Gasteiger partial charge in [0.1, 0.15) is 0 Å². The first-order valence-corrected chi connectivity index (χ1v) is 7.48. The van der Waals surface area contributed by atoms with Crippen LogP contribution in [0.1, 0.15) is 63.2 Å². The quantitative estimate of drug-likeness (QED) is 0.889. The van der Waals surface area contributed by atoms with Crippen molar-refractivity contribution in [2.24, 2.45) is 0 Å². The fraction of sp³-hybridized carbons (Fsp3) is 0.625. The van der Waals surface area contributed by atoms with E-state index in [0.717, 1.165) is 18.5 Å². The van der Waals surface area contributed by atoms with Crippen LogP contribution < -0.4 is 10.6 Å². The van der Waals surface area contributed by atoms with E-state index in [4.69, 9.17) is 0 Å². The van der Waals surface area contributed by atoms with Crippen molar-refractivity contribution >= 4 is 11.6 Å². The van der Waals surface area contributed by atoms with Crippen LogP contribution in [0, 0.1) is 0 Å². The van der Waals surface area contributed by atoms with Crippen LogP contribution in [0.5, 0.6) is 0 Å². The zero-order valence-electron chi connectivity index (χ0n) is 12.7. The fourth-order valence-electron chi connectivity index (χ4n) is 2.58. The average Bonchev–Trinajstić information content (AvgIpc) is 2.38. The van der Waals surface area contributed by atoms with Gasteiger partial charge in [-0.3, -0.25) is 9.78 Å². The van der Waals surface area contributed by atoms with Gasteiger partial charge in [-0.1, -0.05) is 19.3 Å². The van der Waals surface area contributed by atoms with Crippen LogP contribution in [-0.4, -0.2) is 22.5 Å². The van der Waals surface area contributed by atoms with Crippen LogP contribution in [-0.2, 0) is 0 Å². The molecule has 1 aliphatic rings. The monoisotopic (exact) mass is 275 g/mol. The highest BCUT2D eigenvalue weighted by Crippen LogP contribution is 2.19. The predicted molar refractivity (Wildman–Crippen MR) is 82.0 cm³/mol. The molecule has 4 heteroatoms. The number of nitrogens with one attached hydrogen (secondary N) is 2. The molecular weight excluding hydrogens is 250 g/mol. The highest BCUT2D eigenvalue weighted by atomic mass is 16.1. The second-order valence-corrected chi connectivity index (χ2v) is 6.65. The third-order valence-corrected chi connectivity index (χ3v) is 3.46. The molecule has 1 aliphatic carbocycles. The lowest BCUT2D eigenvalue weighted by atomic mass is 9.95. The predicted octanol–water partition coefficient (Wildman–Crippen LogP) is 3.35. The molecule has 4 nitrogen and oxygen atoms in total. The molecule has 1 aromatic heterocycles. The standard InChI is InChI=1S/C16H25N3O/c1-16(2,3)19-14-9-12(10-17-11-14)15(20)18-13-7-5-4-6-8-13/h9-11,13,19H,4-8H2,1-3H3,(H,18,20). The van der Waals surface area contributed by atoms with Gasteiger partial charge >= 0.3 is 0 Å². The third kappa shape index (κ3) is 4.51. The van der Waals surface area contributed by atoms with Gasteiger partial charge in [-0.25, -0.2) is 0 Å². The lowest BCUT2D eigenvalue weighted by Crippen LogP contribution is -2.36. The largest absolute Gasteiger partial charge is 0.379 e. The van der Waals surface area contributed by atoms with Gasteiger partial charge < -0.3 is 10.6 Å². The topological polar surface area (TPSA) is 54.0 Å². The van der Waals surface area contributed by atoms with Crippen molar-refractivity contribution in [3.63, 3.8) is 0 Å². The average molecular weight is 275 g/mol. The van der Waals surface area contributed by atoms with Gasteiger partial charge in [0.25, 0.3) is 5.91 Å². The van der Waals surface area contributed by atoms with Crippen molar-refractivity contribution in [2.45, 2.75) is 64.5 Å². The summed E-state index contributed by atoms with van der Waals surface area (Å²) in [5.41, 5.74) is 1.47. The molecule has 0 saturated heterocycles. The maximum absolute atomic E-state index is 12.3. The highest BCUT2D eigenvalue weighted by Gasteiger charge is 2.17. The zero-order valence-corrected chi connectivity index (χ0v) is 12.7. The Labute approximate surface area is 121 Å². The van der Waals surface area contributed by atoms with E-state index < -0.39 is 0 Å². The Morgan fingerprint density at radius 3 is 2.55 bits per heavy atom. The highest BCUT2D eigenvalue weighted by molar-refractivity contribution is 5.94. The maximum atomic E-state index is 12.3. The van der Waals surface area contributed by atoms with Gasteiger partial charge in [0.05, 0.1) is 11.3 Å². The van der Waals surface area contributed by atoms with E-state index in [1.165, 1.54) is 19.3 Å². The van der Waals surface area contributed by atoms with Crippen molar-refractivity contribution in [3.05, 3.63) is 24.0 Å². The summed E-state index contributed by atoms with van der Waals surface area (Å²) in [5.74, 6) is -0.0121. The number of hydrogen-bond donors (Lipinski definition) is 2. The van der Waals surface area contributed by atoms with Crippen molar-refractivity contribution < 1.29 is 4.79 Å². The van der Waals surface area contributed by atoms with Gasteiger partial charge in [-0.2, -0.15) is 0 Å². The molecule has 1 fully saturated rings. The molecule has 20 heavy (non-hydrogen) atoms. The summed E-state index contributed by atoms with van der Waals surface area (Å²) in [6, 6.07) is 2.20. The molecule has 0 spiro atoms. The molecule has 0 unspecified atom stereocenters. The Kier molecular flexibility index (Phi) is 4.63. The van der Waals surface area contributed by atoms with E-state index in [-0.39, 0.29) is 11.4 Å². The molecule has 1 saturated carbocycles. The number of aromatic nitrogens is 1. The van der Waals surface area contributed by atoms with Gasteiger partial charge in [-0.05, 0) is 39.7 Å². The normalized spacial score (nSPS) is 16.8. The van der Waals surface area contributed by atoms with Crippen LogP contribution in [0.25, 0.3) is 0 Å². The molecule has 0 radical (unpaired) electrons. The lowest BCUT2D eigenvalue weighted by Gasteiger charge is -2.24. The lowest BCUT2D eigenvalue weighted by molar-refractivity contribution is 0.0927. The summed E-state index contributed by atoms with van der Waals surface area (Å²) < 4.78 is 0. The number of anilines is 1. The van der Waals surface area contributed by atoms with Crippen LogP contribution in [0.2, 0.25) is 0 Å². The van der Waals surface area contributed by atoms with Crippen LogP contribution in [0.15, 0.2) is 18.5 Å². The van der Waals surface area contributed by atoms with Crippen molar-refractivity contribution in [1.82, 2.24) is 10.3 Å². The minimum absolute atomic E-state index is 0.0121. The second kappa shape index (κ2) is 6.25. The summed E-state index contributed by atoms with van der Waals surface area (Å²) in [6.07, 6.45) is 9.30. The number of amides is 1. The number of carbonyl (C=O) groups excluding carboxylic acids is 1. The Hall–Kier alpha value is -1.58. The number of rotatable bonds is 3. The van der Waals surface area contributed by atoms with E-state index in [1.54, 1.807) is 12.4 Å². The zero-order chi connectivity index (χ0) is 14.6. The number of pyridine rings is 1. The van der Waals surface area contributed by atoms with Gasteiger partial charge in [0.2, 0.25) is 0 Å². The Bertz CT molecular complexity index is 459. The second-order valence-electron chi connectivity index (χ2n) is 6.65. The number of carbonyl (C=O) groups is 1. The number of nitrogens with zero attached hydrogens (tertiary/aromatic N) is 1. The molecule has 1 heterocycles. The molecule has 0 aliphatic heterocycles. The van der Waals surface area contributed by atoms with Crippen LogP contribution >= 0.6 is 0 Å². The van der Waals surface area contributed by atoms with E-state index in [1.807, 2.05) is 6.07 Å². The molecule has 1 aromatic rings. The Morgan fingerprint density at radius 2 is 1.90 bits per heavy atom. The maximum Gasteiger partial charge on any atom is 0.253 e. The SMILES string of the molecule is CC(C)(C)Nc1cncc(C(=O)NC2CCCCC2)c1. The molecular formula is C16H25N3O. The van der Waals surface area contributed by atoms with E-state index in [9.17, 15) is 4.79 Å². The smallest absolute Gasteiger partial charge is 0.253 e. The van der Waals surface area contributed by atoms with Crippen LogP contribution in [0.3, 0.4) is 0 Å². The van der Waals surface area contributed by atoms with Crippen LogP contribution in [0.4, 0.5) is 5.69 Å². The summed E-state index contributed by atoms with van der Waals surface area (Å²) in [5, 5.41) is 6.46. The molecule has 0 bridgehead atoms. The summed E-state index contributed by atoms with van der Waals surface area (Å²) in [4.78, 5) is 16.4. The van der Waals surface area contributed by atoms with E-state index in [0.29, 0.717) is 11.6 Å². The van der Waals surface area contributed by atoms with Gasteiger partial charge in [0, 0.05) is 24.0 Å². The molecule has 110 valence electrons. The van der Waals surface area contributed by atoms with E-state index >= 15 is 0 Å².